The van der Waals surface area contributed by atoms with Gasteiger partial charge in [0.25, 0.3) is 0 Å². The highest BCUT2D eigenvalue weighted by molar-refractivity contribution is 6.05. The Bertz CT molecular complexity index is 1060. The zero-order chi connectivity index (χ0) is 19.1. The maximum absolute atomic E-state index is 13.4. The van der Waals surface area contributed by atoms with Gasteiger partial charge in [-0.2, -0.15) is 5.10 Å². The number of nitrogens with zero attached hydrogens (tertiary/aromatic N) is 3. The van der Waals surface area contributed by atoms with Crippen LogP contribution in [-0.2, 0) is 9.59 Å². The third-order valence-electron chi connectivity index (χ3n) is 4.56. The summed E-state index contributed by atoms with van der Waals surface area (Å²) in [7, 11) is 0. The Hall–Kier alpha value is -3.29. The molecule has 0 fully saturated rings. The fourth-order valence-electron chi connectivity index (χ4n) is 3.29. The first kappa shape index (κ1) is 17.1. The van der Waals surface area contributed by atoms with E-state index in [0.717, 1.165) is 11.0 Å². The van der Waals surface area contributed by atoms with Crippen LogP contribution in [0.2, 0.25) is 0 Å². The van der Waals surface area contributed by atoms with Crippen molar-refractivity contribution in [3.63, 3.8) is 0 Å². The molecule has 2 N–H and O–H groups in total. The van der Waals surface area contributed by atoms with Gasteiger partial charge in [-0.15, -0.1) is 0 Å². The van der Waals surface area contributed by atoms with Crippen LogP contribution in [0.4, 0.5) is 15.8 Å². The van der Waals surface area contributed by atoms with E-state index in [2.05, 4.69) is 20.7 Å². The monoisotopic (exact) mass is 367 g/mol. The van der Waals surface area contributed by atoms with Gasteiger partial charge >= 0.3 is 0 Å². The van der Waals surface area contributed by atoms with Crippen molar-refractivity contribution in [2.24, 2.45) is 0 Å². The van der Waals surface area contributed by atoms with Crippen molar-refractivity contribution in [3.05, 3.63) is 48.0 Å². The molecule has 138 valence electrons. The molecule has 3 heterocycles. The number of aromatic nitrogens is 3. The van der Waals surface area contributed by atoms with Crippen molar-refractivity contribution in [2.75, 3.05) is 10.6 Å². The Morgan fingerprint density at radius 1 is 1.33 bits per heavy atom. The molecule has 1 aliphatic rings. The maximum atomic E-state index is 13.4. The molecule has 4 rings (SSSR count). The number of hydrogen-bond donors (Lipinski definition) is 2. The maximum Gasteiger partial charge on any atom is 0.232 e. The van der Waals surface area contributed by atoms with Gasteiger partial charge in [-0.1, -0.05) is 6.07 Å². The fourth-order valence-corrected chi connectivity index (χ4v) is 3.29. The lowest BCUT2D eigenvalue weighted by Crippen LogP contribution is -2.30. The predicted molar refractivity (Wildman–Crippen MR) is 98.9 cm³/mol. The molecule has 0 saturated carbocycles. The van der Waals surface area contributed by atoms with E-state index in [0.29, 0.717) is 16.9 Å². The van der Waals surface area contributed by atoms with Crippen molar-refractivity contribution >= 4 is 34.2 Å². The Morgan fingerprint density at radius 3 is 2.93 bits per heavy atom. The van der Waals surface area contributed by atoms with E-state index < -0.39 is 11.7 Å². The molecule has 2 aromatic heterocycles. The number of pyridine rings is 1. The van der Waals surface area contributed by atoms with Gasteiger partial charge in [-0.05, 0) is 37.6 Å². The Labute approximate surface area is 154 Å². The summed E-state index contributed by atoms with van der Waals surface area (Å²) in [6.07, 6.45) is 3.27. The number of halogens is 1. The van der Waals surface area contributed by atoms with Crippen LogP contribution in [0.3, 0.4) is 0 Å². The van der Waals surface area contributed by atoms with E-state index in [1.54, 1.807) is 23.1 Å². The largest absolute Gasteiger partial charge is 0.326 e. The lowest BCUT2D eigenvalue weighted by atomic mass is 9.89. The lowest BCUT2D eigenvalue weighted by Gasteiger charge is -2.24. The molecule has 0 radical (unpaired) electrons. The second kappa shape index (κ2) is 6.46. The lowest BCUT2D eigenvalue weighted by molar-refractivity contribution is -0.123. The molecular formula is C19H18FN5O2. The van der Waals surface area contributed by atoms with Crippen molar-refractivity contribution < 1.29 is 14.0 Å². The Kier molecular flexibility index (Phi) is 4.10. The first-order valence-corrected chi connectivity index (χ1v) is 8.66. The quantitative estimate of drug-likeness (QED) is 0.744. The highest BCUT2D eigenvalue weighted by Gasteiger charge is 2.31. The number of carbonyl (C=O) groups excluding carboxylic acids is 2. The van der Waals surface area contributed by atoms with E-state index in [-0.39, 0.29) is 24.3 Å². The fraction of sp³-hybridized carbons (Fsp3) is 0.263. The highest BCUT2D eigenvalue weighted by Crippen LogP contribution is 2.33. The van der Waals surface area contributed by atoms with Crippen LogP contribution >= 0.6 is 0 Å². The number of benzene rings is 1. The number of fused-ring (bicyclic) bond motifs is 2. The molecule has 1 unspecified atom stereocenters. The van der Waals surface area contributed by atoms with Crippen LogP contribution in [0.25, 0.3) is 11.0 Å². The molecular weight excluding hydrogens is 349 g/mol. The van der Waals surface area contributed by atoms with Crippen LogP contribution in [0.15, 0.2) is 36.7 Å². The molecule has 1 atom stereocenters. The van der Waals surface area contributed by atoms with Gasteiger partial charge in [-0.25, -0.2) is 14.1 Å². The number of anilines is 2. The van der Waals surface area contributed by atoms with Crippen molar-refractivity contribution in [1.82, 2.24) is 14.8 Å². The van der Waals surface area contributed by atoms with Crippen molar-refractivity contribution in [1.29, 1.82) is 0 Å². The second-order valence-corrected chi connectivity index (χ2v) is 6.85. The summed E-state index contributed by atoms with van der Waals surface area (Å²) in [5, 5.41) is 10.5. The van der Waals surface area contributed by atoms with Gasteiger partial charge in [0.05, 0.1) is 24.0 Å². The third-order valence-corrected chi connectivity index (χ3v) is 4.56. The van der Waals surface area contributed by atoms with E-state index in [1.807, 2.05) is 13.8 Å². The smallest absolute Gasteiger partial charge is 0.232 e. The molecule has 8 heteroatoms. The molecule has 0 bridgehead atoms. The molecule has 27 heavy (non-hydrogen) atoms. The summed E-state index contributed by atoms with van der Waals surface area (Å²) in [6.45, 7) is 4.02. The van der Waals surface area contributed by atoms with Gasteiger partial charge < -0.3 is 10.6 Å². The zero-order valence-corrected chi connectivity index (χ0v) is 14.9. The minimum Gasteiger partial charge on any atom is -0.326 e. The van der Waals surface area contributed by atoms with Gasteiger partial charge in [0, 0.05) is 23.5 Å². The third kappa shape index (κ3) is 3.14. The van der Waals surface area contributed by atoms with Crippen molar-refractivity contribution in [2.45, 2.75) is 32.2 Å². The topological polar surface area (TPSA) is 88.9 Å². The minimum absolute atomic E-state index is 0.00538. The molecule has 1 aromatic carbocycles. The minimum atomic E-state index is -0.691. The number of hydrogen-bond acceptors (Lipinski definition) is 4. The van der Waals surface area contributed by atoms with Crippen LogP contribution < -0.4 is 10.6 Å². The van der Waals surface area contributed by atoms with Crippen LogP contribution in [0, 0.1) is 5.82 Å². The van der Waals surface area contributed by atoms with Crippen LogP contribution in [0.5, 0.6) is 0 Å². The summed E-state index contributed by atoms with van der Waals surface area (Å²) in [5.74, 6) is -1.81. The molecule has 3 aromatic rings. The number of amides is 2. The zero-order valence-electron chi connectivity index (χ0n) is 14.9. The number of nitrogens with one attached hydrogen (secondary N) is 2. The summed E-state index contributed by atoms with van der Waals surface area (Å²) >= 11 is 0. The SMILES string of the molecule is CC(C)n1ncc2cc(NC(=O)C3CC(=O)Nc4cc(F)ccc43)cnc21. The highest BCUT2D eigenvalue weighted by atomic mass is 19.1. The van der Waals surface area contributed by atoms with Crippen LogP contribution in [0.1, 0.15) is 37.8 Å². The van der Waals surface area contributed by atoms with Gasteiger partial charge in [0.1, 0.15) is 5.82 Å². The average molecular weight is 367 g/mol. The number of rotatable bonds is 3. The van der Waals surface area contributed by atoms with Crippen molar-refractivity contribution in [3.8, 4) is 0 Å². The standard InChI is InChI=1S/C19H18FN5O2/c1-10(2)25-18-11(8-22-25)5-13(9-21-18)23-19(27)15-7-17(26)24-16-6-12(20)3-4-14(15)16/h3-6,8-10,15H,7H2,1-2H3,(H,23,27)(H,24,26). The normalized spacial score (nSPS) is 16.3. The van der Waals surface area contributed by atoms with E-state index in [1.165, 1.54) is 18.2 Å². The molecule has 2 amide bonds. The Morgan fingerprint density at radius 2 is 2.15 bits per heavy atom. The predicted octanol–water partition coefficient (Wildman–Crippen LogP) is 3.22. The molecule has 7 nitrogen and oxygen atoms in total. The second-order valence-electron chi connectivity index (χ2n) is 6.85. The van der Waals surface area contributed by atoms with Gasteiger partial charge in [0.15, 0.2) is 5.65 Å². The van der Waals surface area contributed by atoms with E-state index in [9.17, 15) is 14.0 Å². The number of carbonyl (C=O) groups is 2. The molecule has 0 aliphatic carbocycles. The summed E-state index contributed by atoms with van der Waals surface area (Å²) < 4.78 is 15.2. The summed E-state index contributed by atoms with van der Waals surface area (Å²) in [6, 6.07) is 6.00. The summed E-state index contributed by atoms with van der Waals surface area (Å²) in [5.41, 5.74) is 2.18. The van der Waals surface area contributed by atoms with E-state index in [4.69, 9.17) is 0 Å². The summed E-state index contributed by atoms with van der Waals surface area (Å²) in [4.78, 5) is 29.1. The first-order chi connectivity index (χ1) is 12.9. The average Bonchev–Trinajstić information content (AvgIpc) is 3.04. The first-order valence-electron chi connectivity index (χ1n) is 8.66. The van der Waals surface area contributed by atoms with Gasteiger partial charge in [-0.3, -0.25) is 9.59 Å². The van der Waals surface area contributed by atoms with Crippen LogP contribution in [-0.4, -0.2) is 26.6 Å². The molecule has 1 aliphatic heterocycles. The Balaban J connectivity index is 1.61. The molecule has 0 spiro atoms. The van der Waals surface area contributed by atoms with Gasteiger partial charge in [0.2, 0.25) is 11.8 Å². The molecule has 0 saturated heterocycles. The van der Waals surface area contributed by atoms with E-state index >= 15 is 0 Å².